The van der Waals surface area contributed by atoms with Gasteiger partial charge in [-0.25, -0.2) is 9.79 Å². The van der Waals surface area contributed by atoms with E-state index in [9.17, 15) is 9.59 Å². The Bertz CT molecular complexity index is 1940. The second kappa shape index (κ2) is 13.4. The van der Waals surface area contributed by atoms with E-state index in [-0.39, 0.29) is 18.8 Å². The number of aromatic nitrogens is 1. The highest BCUT2D eigenvalue weighted by molar-refractivity contribution is 14.1. The summed E-state index contributed by atoms with van der Waals surface area (Å²) >= 11 is 21.9. The first-order valence-electron chi connectivity index (χ1n) is 13.0. The molecule has 1 aliphatic heterocycles. The van der Waals surface area contributed by atoms with Gasteiger partial charge in [0.1, 0.15) is 6.61 Å². The third-order valence-electron chi connectivity index (χ3n) is 6.64. The Kier molecular flexibility index (Phi) is 9.87. The van der Waals surface area contributed by atoms with Gasteiger partial charge in [-0.2, -0.15) is 0 Å². The standard InChI is InChI=1S/C31H24Cl3IN2O5S/c1-4-41-30(39)26-16(2)36-31-37(27(26)18-5-8-20(32)9-6-18)29(38)25(43-31)13-17-11-23(35)28(24(12-17)40-3)42-15-19-7-10-21(33)14-22(19)34/h5-14,27H,4,15H2,1-3H3/b25-13-/t27-/m0/s1. The number of nitrogens with zero attached hydrogens (tertiary/aromatic N) is 2. The van der Waals surface area contributed by atoms with Crippen molar-refractivity contribution in [2.24, 2.45) is 4.99 Å². The first-order valence-corrected chi connectivity index (χ1v) is 16.0. The summed E-state index contributed by atoms with van der Waals surface area (Å²) in [4.78, 5) is 32.1. The van der Waals surface area contributed by atoms with Gasteiger partial charge in [-0.05, 0) is 90.0 Å². The minimum absolute atomic E-state index is 0.195. The van der Waals surface area contributed by atoms with Crippen molar-refractivity contribution in [3.63, 3.8) is 0 Å². The molecule has 1 aliphatic rings. The van der Waals surface area contributed by atoms with E-state index in [1.165, 1.54) is 15.9 Å². The number of carbonyl (C=O) groups excluding carboxylic acids is 1. The van der Waals surface area contributed by atoms with Crippen LogP contribution in [-0.2, 0) is 16.1 Å². The Morgan fingerprint density at radius 2 is 1.81 bits per heavy atom. The van der Waals surface area contributed by atoms with Gasteiger partial charge in [0.2, 0.25) is 0 Å². The van der Waals surface area contributed by atoms with Crippen molar-refractivity contribution in [3.8, 4) is 11.5 Å². The number of rotatable bonds is 8. The van der Waals surface area contributed by atoms with Crippen LogP contribution in [0.15, 0.2) is 75.7 Å². The first kappa shape index (κ1) is 31.6. The number of ether oxygens (including phenoxy) is 3. The summed E-state index contributed by atoms with van der Waals surface area (Å²) in [5.74, 6) is 0.522. The van der Waals surface area contributed by atoms with Crippen molar-refractivity contribution >= 4 is 80.8 Å². The quantitative estimate of drug-likeness (QED) is 0.143. The van der Waals surface area contributed by atoms with Crippen molar-refractivity contribution in [1.82, 2.24) is 4.57 Å². The predicted octanol–water partition coefficient (Wildman–Crippen LogP) is 6.95. The number of hydrogen-bond acceptors (Lipinski definition) is 7. The van der Waals surface area contributed by atoms with E-state index in [2.05, 4.69) is 27.6 Å². The Morgan fingerprint density at radius 1 is 1.09 bits per heavy atom. The van der Waals surface area contributed by atoms with E-state index in [0.29, 0.717) is 52.7 Å². The molecule has 0 aliphatic carbocycles. The van der Waals surface area contributed by atoms with Crippen molar-refractivity contribution in [2.75, 3.05) is 13.7 Å². The number of allylic oxidation sites excluding steroid dienone is 1. The topological polar surface area (TPSA) is 79.1 Å². The number of esters is 1. The Hall–Kier alpha value is -2.83. The largest absolute Gasteiger partial charge is 0.493 e. The number of halogens is 4. The van der Waals surface area contributed by atoms with Crippen LogP contribution in [0.25, 0.3) is 6.08 Å². The van der Waals surface area contributed by atoms with Gasteiger partial charge in [-0.3, -0.25) is 9.36 Å². The van der Waals surface area contributed by atoms with E-state index >= 15 is 0 Å². The molecule has 0 radical (unpaired) electrons. The number of thiazole rings is 1. The van der Waals surface area contributed by atoms with E-state index < -0.39 is 12.0 Å². The number of benzene rings is 3. The summed E-state index contributed by atoms with van der Waals surface area (Å²) in [6.07, 6.45) is 1.77. The molecule has 2 heterocycles. The molecule has 12 heteroatoms. The molecule has 0 spiro atoms. The molecule has 0 amide bonds. The number of fused-ring (bicyclic) bond motifs is 1. The molecule has 4 aromatic rings. The number of carbonyl (C=O) groups is 1. The third kappa shape index (κ3) is 6.66. The van der Waals surface area contributed by atoms with Crippen molar-refractivity contribution in [3.05, 3.63) is 121 Å². The summed E-state index contributed by atoms with van der Waals surface area (Å²) in [5, 5.41) is 1.59. The minimum Gasteiger partial charge on any atom is -0.493 e. The maximum absolute atomic E-state index is 13.9. The molecule has 0 saturated carbocycles. The Morgan fingerprint density at radius 3 is 2.49 bits per heavy atom. The molecule has 0 unspecified atom stereocenters. The van der Waals surface area contributed by atoms with Gasteiger partial charge in [0, 0.05) is 20.6 Å². The van der Waals surface area contributed by atoms with Crippen LogP contribution in [0.3, 0.4) is 0 Å². The fourth-order valence-electron chi connectivity index (χ4n) is 4.66. The van der Waals surface area contributed by atoms with E-state index in [1.807, 2.05) is 12.1 Å². The second-order valence-corrected chi connectivity index (χ2v) is 12.9. The summed E-state index contributed by atoms with van der Waals surface area (Å²) in [6, 6.07) is 15.2. The minimum atomic E-state index is -0.722. The van der Waals surface area contributed by atoms with Gasteiger partial charge >= 0.3 is 5.97 Å². The molecule has 7 nitrogen and oxygen atoms in total. The maximum Gasteiger partial charge on any atom is 0.338 e. The SMILES string of the molecule is CCOC(=O)C1=C(C)N=c2s/c(=C\c3cc(I)c(OCc4ccc(Cl)cc4Cl)c(OC)c3)c(=O)n2[C@H]1c1ccc(Cl)cc1. The molecule has 43 heavy (non-hydrogen) atoms. The lowest BCUT2D eigenvalue weighted by Gasteiger charge is -2.24. The van der Waals surface area contributed by atoms with Crippen LogP contribution in [0.1, 0.15) is 36.6 Å². The summed E-state index contributed by atoms with van der Waals surface area (Å²) in [7, 11) is 1.55. The van der Waals surface area contributed by atoms with Gasteiger partial charge in [0.25, 0.3) is 5.56 Å². The second-order valence-electron chi connectivity index (χ2n) is 9.41. The van der Waals surface area contributed by atoms with Gasteiger partial charge in [0.05, 0.1) is 39.1 Å². The highest BCUT2D eigenvalue weighted by Crippen LogP contribution is 2.36. The molecular formula is C31H24Cl3IN2O5S. The molecular weight excluding hydrogens is 746 g/mol. The zero-order valence-corrected chi connectivity index (χ0v) is 28.4. The Balaban J connectivity index is 1.56. The molecule has 1 atom stereocenters. The molecule has 5 rings (SSSR count). The fourth-order valence-corrected chi connectivity index (χ4v) is 7.07. The zero-order chi connectivity index (χ0) is 30.8. The van der Waals surface area contributed by atoms with Crippen LogP contribution < -0.4 is 24.4 Å². The van der Waals surface area contributed by atoms with Gasteiger partial charge in [-0.15, -0.1) is 0 Å². The Labute approximate surface area is 280 Å². The molecule has 1 aromatic heterocycles. The summed E-state index contributed by atoms with van der Waals surface area (Å²) in [5.41, 5.74) is 2.73. The molecule has 3 aromatic carbocycles. The molecule has 0 N–H and O–H groups in total. The lowest BCUT2D eigenvalue weighted by atomic mass is 9.96. The molecule has 222 valence electrons. The third-order valence-corrected chi connectivity index (χ3v) is 9.26. The summed E-state index contributed by atoms with van der Waals surface area (Å²) < 4.78 is 19.8. The molecule has 0 saturated heterocycles. The normalized spacial score (nSPS) is 14.8. The lowest BCUT2D eigenvalue weighted by Crippen LogP contribution is -2.39. The van der Waals surface area contributed by atoms with E-state index in [0.717, 1.165) is 14.7 Å². The highest BCUT2D eigenvalue weighted by Gasteiger charge is 2.33. The van der Waals surface area contributed by atoms with E-state index in [4.69, 9.17) is 49.0 Å². The van der Waals surface area contributed by atoms with Crippen molar-refractivity contribution in [2.45, 2.75) is 26.5 Å². The average Bonchev–Trinajstić information content (AvgIpc) is 3.26. The van der Waals surface area contributed by atoms with Gasteiger partial charge < -0.3 is 14.2 Å². The fraction of sp³-hybridized carbons (Fsp3) is 0.194. The van der Waals surface area contributed by atoms with Crippen LogP contribution in [0.4, 0.5) is 0 Å². The van der Waals surface area contributed by atoms with Crippen LogP contribution in [0.5, 0.6) is 11.5 Å². The van der Waals surface area contributed by atoms with Crippen molar-refractivity contribution in [1.29, 1.82) is 0 Å². The predicted molar refractivity (Wildman–Crippen MR) is 178 cm³/mol. The monoisotopic (exact) mass is 768 g/mol. The number of hydrogen-bond donors (Lipinski definition) is 0. The zero-order valence-electron chi connectivity index (χ0n) is 23.1. The van der Waals surface area contributed by atoms with Gasteiger partial charge in [0.15, 0.2) is 16.3 Å². The lowest BCUT2D eigenvalue weighted by molar-refractivity contribution is -0.139. The highest BCUT2D eigenvalue weighted by atomic mass is 127. The van der Waals surface area contributed by atoms with Crippen LogP contribution in [0.2, 0.25) is 15.1 Å². The number of methoxy groups -OCH3 is 1. The van der Waals surface area contributed by atoms with Crippen LogP contribution in [0, 0.1) is 3.57 Å². The molecule has 0 bridgehead atoms. The first-order chi connectivity index (χ1) is 20.6. The van der Waals surface area contributed by atoms with Crippen molar-refractivity contribution < 1.29 is 19.0 Å². The van der Waals surface area contributed by atoms with Crippen LogP contribution in [-0.4, -0.2) is 24.3 Å². The van der Waals surface area contributed by atoms with E-state index in [1.54, 1.807) is 69.5 Å². The summed E-state index contributed by atoms with van der Waals surface area (Å²) in [6.45, 7) is 3.89. The maximum atomic E-state index is 13.9. The molecule has 0 fully saturated rings. The average molecular weight is 770 g/mol. The smallest absolute Gasteiger partial charge is 0.338 e. The van der Waals surface area contributed by atoms with Crippen LogP contribution >= 0.6 is 68.7 Å². The van der Waals surface area contributed by atoms with Gasteiger partial charge in [-0.1, -0.05) is 64.3 Å².